The zero-order valence-electron chi connectivity index (χ0n) is 11.4. The van der Waals surface area contributed by atoms with Crippen LogP contribution >= 0.6 is 11.8 Å². The van der Waals surface area contributed by atoms with Gasteiger partial charge in [0, 0.05) is 17.8 Å². The molecule has 0 spiro atoms. The standard InChI is InChI=1S/C13H25N3S/c1-9(2)11(8-16(3)4)15-13-14-7-12(17-13)10-5-6-10/h9-12H,5-8H2,1-4H3,(H,14,15). The molecule has 2 aliphatic rings. The Morgan fingerprint density at radius 3 is 2.65 bits per heavy atom. The molecule has 0 amide bonds. The van der Waals surface area contributed by atoms with Crippen molar-refractivity contribution in [3.8, 4) is 0 Å². The lowest BCUT2D eigenvalue weighted by Crippen LogP contribution is -2.43. The second kappa shape index (κ2) is 5.61. The fourth-order valence-corrected chi connectivity index (χ4v) is 3.43. The van der Waals surface area contributed by atoms with Gasteiger partial charge in [-0.25, -0.2) is 0 Å². The maximum atomic E-state index is 4.66. The molecule has 1 saturated carbocycles. The predicted octanol–water partition coefficient (Wildman–Crippen LogP) is 2.04. The van der Waals surface area contributed by atoms with Crippen LogP contribution in [0.15, 0.2) is 4.99 Å². The fraction of sp³-hybridized carbons (Fsp3) is 0.923. The van der Waals surface area contributed by atoms with Crippen LogP contribution in [0.3, 0.4) is 0 Å². The number of amidine groups is 1. The van der Waals surface area contributed by atoms with Gasteiger partial charge < -0.3 is 10.2 Å². The highest BCUT2D eigenvalue weighted by Crippen LogP contribution is 2.41. The van der Waals surface area contributed by atoms with Crippen LogP contribution in [0.1, 0.15) is 26.7 Å². The van der Waals surface area contributed by atoms with Crippen molar-refractivity contribution in [2.24, 2.45) is 16.8 Å². The van der Waals surface area contributed by atoms with E-state index in [2.05, 4.69) is 43.2 Å². The van der Waals surface area contributed by atoms with Gasteiger partial charge in [-0.05, 0) is 38.8 Å². The van der Waals surface area contributed by atoms with Gasteiger partial charge >= 0.3 is 0 Å². The molecule has 2 unspecified atom stereocenters. The number of nitrogens with one attached hydrogen (secondary N) is 1. The van der Waals surface area contributed by atoms with E-state index in [1.807, 2.05) is 11.8 Å². The van der Waals surface area contributed by atoms with Crippen molar-refractivity contribution in [2.45, 2.75) is 38.0 Å². The molecule has 2 atom stereocenters. The minimum absolute atomic E-state index is 0.509. The Hall–Kier alpha value is -0.220. The summed E-state index contributed by atoms with van der Waals surface area (Å²) in [5.74, 6) is 1.59. The van der Waals surface area contributed by atoms with E-state index in [1.54, 1.807) is 0 Å². The SMILES string of the molecule is CC(C)C(CN(C)C)NC1=NCC(C2CC2)S1. The first-order valence-electron chi connectivity index (χ1n) is 6.68. The Kier molecular flexibility index (Phi) is 4.36. The molecule has 0 bridgehead atoms. The van der Waals surface area contributed by atoms with Gasteiger partial charge in [-0.15, -0.1) is 0 Å². The van der Waals surface area contributed by atoms with Crippen molar-refractivity contribution >= 4 is 16.9 Å². The summed E-state index contributed by atoms with van der Waals surface area (Å²) in [7, 11) is 4.27. The molecule has 0 aromatic heterocycles. The minimum atomic E-state index is 0.509. The Morgan fingerprint density at radius 2 is 2.12 bits per heavy atom. The fourth-order valence-electron chi connectivity index (χ4n) is 2.16. The van der Waals surface area contributed by atoms with E-state index in [-0.39, 0.29) is 0 Å². The molecule has 1 fully saturated rings. The largest absolute Gasteiger partial charge is 0.361 e. The predicted molar refractivity (Wildman–Crippen MR) is 76.7 cm³/mol. The number of nitrogens with zero attached hydrogens (tertiary/aromatic N) is 2. The van der Waals surface area contributed by atoms with Crippen LogP contribution < -0.4 is 5.32 Å². The summed E-state index contributed by atoms with van der Waals surface area (Å²) in [6.07, 6.45) is 2.84. The summed E-state index contributed by atoms with van der Waals surface area (Å²) < 4.78 is 0. The molecule has 0 radical (unpaired) electrons. The van der Waals surface area contributed by atoms with Crippen LogP contribution in [0.25, 0.3) is 0 Å². The summed E-state index contributed by atoms with van der Waals surface area (Å²) in [4.78, 5) is 6.90. The first kappa shape index (κ1) is 13.2. The van der Waals surface area contributed by atoms with Crippen molar-refractivity contribution in [3.63, 3.8) is 0 Å². The van der Waals surface area contributed by atoms with Crippen molar-refractivity contribution in [3.05, 3.63) is 0 Å². The molecule has 98 valence electrons. The lowest BCUT2D eigenvalue weighted by Gasteiger charge is -2.26. The molecule has 17 heavy (non-hydrogen) atoms. The molecule has 4 heteroatoms. The van der Waals surface area contributed by atoms with Crippen molar-refractivity contribution in [1.82, 2.24) is 10.2 Å². The Labute approximate surface area is 109 Å². The van der Waals surface area contributed by atoms with Crippen LogP contribution in [-0.4, -0.2) is 48.5 Å². The monoisotopic (exact) mass is 255 g/mol. The second-order valence-corrected chi connectivity index (χ2v) is 7.12. The highest BCUT2D eigenvalue weighted by molar-refractivity contribution is 8.14. The first-order valence-corrected chi connectivity index (χ1v) is 7.56. The number of hydrogen-bond donors (Lipinski definition) is 1. The van der Waals surface area contributed by atoms with E-state index < -0.39 is 0 Å². The minimum Gasteiger partial charge on any atom is -0.361 e. The molecular weight excluding hydrogens is 230 g/mol. The van der Waals surface area contributed by atoms with Crippen LogP contribution in [0.4, 0.5) is 0 Å². The molecule has 0 saturated heterocycles. The summed E-state index contributed by atoms with van der Waals surface area (Å²) in [6, 6.07) is 0.509. The third kappa shape index (κ3) is 3.88. The topological polar surface area (TPSA) is 27.6 Å². The molecular formula is C13H25N3S. The van der Waals surface area contributed by atoms with Crippen LogP contribution in [0, 0.1) is 11.8 Å². The first-order chi connectivity index (χ1) is 8.06. The zero-order chi connectivity index (χ0) is 12.4. The molecule has 1 aliphatic heterocycles. The van der Waals surface area contributed by atoms with E-state index in [0.717, 1.165) is 24.3 Å². The smallest absolute Gasteiger partial charge is 0.157 e. The Bertz CT molecular complexity index is 284. The molecule has 2 rings (SSSR count). The number of thioether (sulfide) groups is 1. The maximum absolute atomic E-state index is 4.66. The molecule has 3 nitrogen and oxygen atoms in total. The van der Waals surface area contributed by atoms with Crippen molar-refractivity contribution in [2.75, 3.05) is 27.2 Å². The molecule has 0 aromatic carbocycles. The number of rotatable bonds is 5. The summed E-state index contributed by atoms with van der Waals surface area (Å²) in [5.41, 5.74) is 0. The molecule has 1 heterocycles. The average Bonchev–Trinajstić information content (AvgIpc) is 2.98. The van der Waals surface area contributed by atoms with Crippen LogP contribution in [0.2, 0.25) is 0 Å². The molecule has 1 aliphatic carbocycles. The highest BCUT2D eigenvalue weighted by Gasteiger charge is 2.35. The van der Waals surface area contributed by atoms with Gasteiger partial charge in [0.25, 0.3) is 0 Å². The van der Waals surface area contributed by atoms with Gasteiger partial charge in [-0.1, -0.05) is 25.6 Å². The van der Waals surface area contributed by atoms with E-state index in [0.29, 0.717) is 12.0 Å². The van der Waals surface area contributed by atoms with Gasteiger partial charge in [0.2, 0.25) is 0 Å². The Balaban J connectivity index is 1.81. The maximum Gasteiger partial charge on any atom is 0.157 e. The lowest BCUT2D eigenvalue weighted by atomic mass is 10.0. The van der Waals surface area contributed by atoms with E-state index >= 15 is 0 Å². The average molecular weight is 255 g/mol. The van der Waals surface area contributed by atoms with E-state index in [1.165, 1.54) is 18.0 Å². The van der Waals surface area contributed by atoms with Gasteiger partial charge in [-0.2, -0.15) is 0 Å². The van der Waals surface area contributed by atoms with Crippen molar-refractivity contribution in [1.29, 1.82) is 0 Å². The van der Waals surface area contributed by atoms with Crippen LogP contribution in [-0.2, 0) is 0 Å². The van der Waals surface area contributed by atoms with Gasteiger partial charge in [-0.3, -0.25) is 4.99 Å². The zero-order valence-corrected chi connectivity index (χ0v) is 12.3. The van der Waals surface area contributed by atoms with Gasteiger partial charge in [0.15, 0.2) is 5.17 Å². The number of aliphatic imine (C=N–C) groups is 1. The molecule has 1 N–H and O–H groups in total. The summed E-state index contributed by atoms with van der Waals surface area (Å²) in [5, 5.41) is 5.58. The number of likely N-dealkylation sites (N-methyl/N-ethyl adjacent to an activating group) is 1. The highest BCUT2D eigenvalue weighted by atomic mass is 32.2. The van der Waals surface area contributed by atoms with Gasteiger partial charge in [0.1, 0.15) is 0 Å². The summed E-state index contributed by atoms with van der Waals surface area (Å²) >= 11 is 1.97. The quantitative estimate of drug-likeness (QED) is 0.815. The third-order valence-electron chi connectivity index (χ3n) is 3.50. The Morgan fingerprint density at radius 1 is 1.41 bits per heavy atom. The normalized spacial score (nSPS) is 26.5. The number of hydrogen-bond acceptors (Lipinski definition) is 4. The van der Waals surface area contributed by atoms with E-state index in [4.69, 9.17) is 0 Å². The van der Waals surface area contributed by atoms with Crippen LogP contribution in [0.5, 0.6) is 0 Å². The molecule has 0 aromatic rings. The second-order valence-electron chi connectivity index (χ2n) is 5.90. The van der Waals surface area contributed by atoms with E-state index in [9.17, 15) is 0 Å². The summed E-state index contributed by atoms with van der Waals surface area (Å²) in [6.45, 7) is 6.66. The third-order valence-corrected chi connectivity index (χ3v) is 4.81. The lowest BCUT2D eigenvalue weighted by molar-refractivity contribution is 0.314. The van der Waals surface area contributed by atoms with Gasteiger partial charge in [0.05, 0.1) is 6.54 Å². The van der Waals surface area contributed by atoms with Crippen molar-refractivity contribution < 1.29 is 0 Å².